The van der Waals surface area contributed by atoms with Crippen molar-refractivity contribution < 1.29 is 14.6 Å². The first-order chi connectivity index (χ1) is 8.63. The number of methoxy groups -OCH3 is 2. The van der Waals surface area contributed by atoms with Crippen LogP contribution < -0.4 is 5.32 Å². The number of ether oxygens (including phenoxy) is 2. The number of nitrogens with one attached hydrogen (secondary N) is 1. The van der Waals surface area contributed by atoms with Gasteiger partial charge in [-0.2, -0.15) is 0 Å². The molecule has 2 N–H and O–H groups in total. The average Bonchev–Trinajstić information content (AvgIpc) is 2.34. The standard InChI is InChI=1S/C13H30N2O3/c1-12(2)14-13(11-16)10-15(7-9-18-4)6-5-8-17-3/h12-14,16H,5-11H2,1-4H3. The largest absolute Gasteiger partial charge is 0.395 e. The molecule has 0 fully saturated rings. The normalized spacial score (nSPS) is 13.5. The van der Waals surface area contributed by atoms with Gasteiger partial charge in [-0.25, -0.2) is 0 Å². The van der Waals surface area contributed by atoms with Gasteiger partial charge >= 0.3 is 0 Å². The van der Waals surface area contributed by atoms with Crippen LogP contribution >= 0.6 is 0 Å². The summed E-state index contributed by atoms with van der Waals surface area (Å²) < 4.78 is 10.2. The van der Waals surface area contributed by atoms with Crippen molar-refractivity contribution in [2.75, 3.05) is 53.7 Å². The van der Waals surface area contributed by atoms with Gasteiger partial charge in [-0.15, -0.1) is 0 Å². The third-order valence-corrected chi connectivity index (χ3v) is 2.70. The summed E-state index contributed by atoms with van der Waals surface area (Å²) in [5, 5.41) is 12.7. The van der Waals surface area contributed by atoms with Crippen LogP contribution in [0.15, 0.2) is 0 Å². The molecule has 0 rings (SSSR count). The molecule has 0 aromatic heterocycles. The van der Waals surface area contributed by atoms with Crippen LogP contribution in [0, 0.1) is 0 Å². The van der Waals surface area contributed by atoms with Crippen LogP contribution in [0.5, 0.6) is 0 Å². The first-order valence-corrected chi connectivity index (χ1v) is 6.71. The van der Waals surface area contributed by atoms with E-state index in [1.807, 2.05) is 0 Å². The first-order valence-electron chi connectivity index (χ1n) is 6.71. The van der Waals surface area contributed by atoms with E-state index in [4.69, 9.17) is 9.47 Å². The van der Waals surface area contributed by atoms with Crippen molar-refractivity contribution >= 4 is 0 Å². The van der Waals surface area contributed by atoms with E-state index in [0.29, 0.717) is 12.6 Å². The highest BCUT2D eigenvalue weighted by molar-refractivity contribution is 4.73. The minimum absolute atomic E-state index is 0.115. The third kappa shape index (κ3) is 9.79. The van der Waals surface area contributed by atoms with Gasteiger partial charge in [0.05, 0.1) is 13.2 Å². The van der Waals surface area contributed by atoms with E-state index < -0.39 is 0 Å². The molecule has 0 aromatic carbocycles. The molecule has 0 heterocycles. The third-order valence-electron chi connectivity index (χ3n) is 2.70. The Balaban J connectivity index is 4.08. The Labute approximate surface area is 111 Å². The van der Waals surface area contributed by atoms with E-state index in [1.165, 1.54) is 0 Å². The maximum absolute atomic E-state index is 9.38. The van der Waals surface area contributed by atoms with E-state index in [2.05, 4.69) is 24.1 Å². The molecule has 0 bridgehead atoms. The average molecular weight is 262 g/mol. The summed E-state index contributed by atoms with van der Waals surface area (Å²) in [5.41, 5.74) is 0. The molecular weight excluding hydrogens is 232 g/mol. The summed E-state index contributed by atoms with van der Waals surface area (Å²) in [4.78, 5) is 2.30. The number of aliphatic hydroxyl groups excluding tert-OH is 1. The fourth-order valence-electron chi connectivity index (χ4n) is 1.89. The van der Waals surface area contributed by atoms with Crippen molar-refractivity contribution in [3.8, 4) is 0 Å². The fraction of sp³-hybridized carbons (Fsp3) is 1.00. The predicted molar refractivity (Wildman–Crippen MR) is 74.0 cm³/mol. The summed E-state index contributed by atoms with van der Waals surface area (Å²) in [6.07, 6.45) is 1.00. The Hall–Kier alpha value is -0.200. The van der Waals surface area contributed by atoms with E-state index >= 15 is 0 Å². The summed E-state index contributed by atoms with van der Waals surface area (Å²) in [6.45, 7) is 8.51. The monoisotopic (exact) mass is 262 g/mol. The smallest absolute Gasteiger partial charge is 0.0597 e. The predicted octanol–water partition coefficient (Wildman–Crippen LogP) is 0.330. The molecule has 1 unspecified atom stereocenters. The molecule has 18 heavy (non-hydrogen) atoms. The lowest BCUT2D eigenvalue weighted by atomic mass is 10.2. The van der Waals surface area contributed by atoms with Gasteiger partial charge in [0, 0.05) is 52.5 Å². The summed E-state index contributed by atoms with van der Waals surface area (Å²) >= 11 is 0. The lowest BCUT2D eigenvalue weighted by molar-refractivity contribution is 0.114. The van der Waals surface area contributed by atoms with Crippen molar-refractivity contribution in [3.63, 3.8) is 0 Å². The van der Waals surface area contributed by atoms with Crippen LogP contribution in [0.1, 0.15) is 20.3 Å². The van der Waals surface area contributed by atoms with Gasteiger partial charge in [0.15, 0.2) is 0 Å². The van der Waals surface area contributed by atoms with E-state index in [0.717, 1.165) is 32.7 Å². The Kier molecular flexibility index (Phi) is 11.7. The summed E-state index contributed by atoms with van der Waals surface area (Å²) in [5.74, 6) is 0. The highest BCUT2D eigenvalue weighted by Gasteiger charge is 2.13. The van der Waals surface area contributed by atoms with Crippen molar-refractivity contribution in [2.45, 2.75) is 32.4 Å². The molecule has 0 saturated heterocycles. The second-order valence-corrected chi connectivity index (χ2v) is 4.84. The van der Waals surface area contributed by atoms with E-state index in [1.54, 1.807) is 14.2 Å². The second-order valence-electron chi connectivity index (χ2n) is 4.84. The van der Waals surface area contributed by atoms with Crippen LogP contribution in [0.4, 0.5) is 0 Å². The molecule has 5 heteroatoms. The van der Waals surface area contributed by atoms with Crippen LogP contribution in [-0.2, 0) is 9.47 Å². The molecule has 0 amide bonds. The molecule has 0 spiro atoms. The summed E-state index contributed by atoms with van der Waals surface area (Å²) in [7, 11) is 3.43. The topological polar surface area (TPSA) is 54.0 Å². The zero-order valence-corrected chi connectivity index (χ0v) is 12.3. The number of hydrogen-bond acceptors (Lipinski definition) is 5. The van der Waals surface area contributed by atoms with Crippen LogP contribution in [0.3, 0.4) is 0 Å². The molecule has 0 aliphatic heterocycles. The molecular formula is C13H30N2O3. The highest BCUT2D eigenvalue weighted by Crippen LogP contribution is 1.97. The van der Waals surface area contributed by atoms with Gasteiger partial charge in [-0.3, -0.25) is 4.90 Å². The van der Waals surface area contributed by atoms with E-state index in [9.17, 15) is 5.11 Å². The van der Waals surface area contributed by atoms with Crippen molar-refractivity contribution in [1.29, 1.82) is 0 Å². The molecule has 0 saturated carbocycles. The number of aliphatic hydroxyl groups is 1. The minimum atomic E-state index is 0.115. The number of nitrogens with zero attached hydrogens (tertiary/aromatic N) is 1. The Morgan fingerprint density at radius 3 is 2.28 bits per heavy atom. The minimum Gasteiger partial charge on any atom is -0.395 e. The first kappa shape index (κ1) is 17.8. The van der Waals surface area contributed by atoms with Crippen LogP contribution in [0.25, 0.3) is 0 Å². The van der Waals surface area contributed by atoms with Gasteiger partial charge in [-0.05, 0) is 6.42 Å². The lowest BCUT2D eigenvalue weighted by Gasteiger charge is -2.28. The zero-order chi connectivity index (χ0) is 13.8. The van der Waals surface area contributed by atoms with Gasteiger partial charge in [0.25, 0.3) is 0 Å². The van der Waals surface area contributed by atoms with Crippen LogP contribution in [0.2, 0.25) is 0 Å². The van der Waals surface area contributed by atoms with E-state index in [-0.39, 0.29) is 12.6 Å². The SMILES string of the molecule is COCCCN(CCOC)CC(CO)NC(C)C. The Bertz CT molecular complexity index is 180. The molecule has 0 aromatic rings. The fourth-order valence-corrected chi connectivity index (χ4v) is 1.89. The highest BCUT2D eigenvalue weighted by atomic mass is 16.5. The maximum Gasteiger partial charge on any atom is 0.0597 e. The molecule has 0 radical (unpaired) electrons. The van der Waals surface area contributed by atoms with Crippen molar-refractivity contribution in [3.05, 3.63) is 0 Å². The molecule has 110 valence electrons. The quantitative estimate of drug-likeness (QED) is 0.497. The number of rotatable bonds is 12. The van der Waals surface area contributed by atoms with Crippen molar-refractivity contribution in [1.82, 2.24) is 10.2 Å². The van der Waals surface area contributed by atoms with Crippen LogP contribution in [-0.4, -0.2) is 75.8 Å². The van der Waals surface area contributed by atoms with Crippen molar-refractivity contribution in [2.24, 2.45) is 0 Å². The van der Waals surface area contributed by atoms with Gasteiger partial charge in [-0.1, -0.05) is 13.8 Å². The molecule has 0 aliphatic carbocycles. The Morgan fingerprint density at radius 2 is 1.78 bits per heavy atom. The molecule has 5 nitrogen and oxygen atoms in total. The van der Waals surface area contributed by atoms with Gasteiger partial charge < -0.3 is 19.9 Å². The maximum atomic E-state index is 9.38. The number of hydrogen-bond donors (Lipinski definition) is 2. The zero-order valence-electron chi connectivity index (χ0n) is 12.3. The van der Waals surface area contributed by atoms with Gasteiger partial charge in [0.2, 0.25) is 0 Å². The molecule has 0 aliphatic rings. The van der Waals surface area contributed by atoms with Gasteiger partial charge in [0.1, 0.15) is 0 Å². The second kappa shape index (κ2) is 11.9. The Morgan fingerprint density at radius 1 is 1.11 bits per heavy atom. The molecule has 1 atom stereocenters. The summed E-state index contributed by atoms with van der Waals surface area (Å²) in [6, 6.07) is 0.495. The lowest BCUT2D eigenvalue weighted by Crippen LogP contribution is -2.47.